The molecule has 2 aliphatic rings. The lowest BCUT2D eigenvalue weighted by Gasteiger charge is -2.44. The van der Waals surface area contributed by atoms with E-state index in [0.717, 1.165) is 0 Å². The van der Waals surface area contributed by atoms with E-state index in [4.69, 9.17) is 28.9 Å². The van der Waals surface area contributed by atoms with Gasteiger partial charge in [-0.15, -0.1) is 11.8 Å². The number of nitrogens with two attached hydrogens (primary N) is 1. The number of hydrogen-bond donors (Lipinski definition) is 4. The second kappa shape index (κ2) is 11.4. The van der Waals surface area contributed by atoms with E-state index < -0.39 is 58.5 Å². The lowest BCUT2D eigenvalue weighted by Crippen LogP contribution is -2.71. The van der Waals surface area contributed by atoms with Crippen LogP contribution in [0.15, 0.2) is 51.9 Å². The van der Waals surface area contributed by atoms with Gasteiger partial charge in [-0.05, 0) is 47.5 Å². The number of nitrogens with one attached hydrogen (secondary N) is 2. The predicted molar refractivity (Wildman–Crippen MR) is 153 cm³/mol. The summed E-state index contributed by atoms with van der Waals surface area (Å²) in [6, 6.07) is 8.54. The fourth-order valence-electron chi connectivity index (χ4n) is 4.49. The summed E-state index contributed by atoms with van der Waals surface area (Å²) in [4.78, 5) is 56.1. The van der Waals surface area contributed by atoms with E-state index in [2.05, 4.69) is 31.6 Å². The zero-order chi connectivity index (χ0) is 28.6. The van der Waals surface area contributed by atoms with Crippen LogP contribution in [0.3, 0.4) is 0 Å². The van der Waals surface area contributed by atoms with Crippen LogP contribution < -0.4 is 16.4 Å². The van der Waals surface area contributed by atoms with Crippen molar-refractivity contribution < 1.29 is 24.3 Å². The molecule has 4 rings (SSSR count). The van der Waals surface area contributed by atoms with Crippen LogP contribution in [0.25, 0.3) is 0 Å². The average molecular weight is 657 g/mol. The molecule has 2 saturated heterocycles. The molecule has 0 aliphatic carbocycles. The van der Waals surface area contributed by atoms with E-state index in [1.165, 1.54) is 16.7 Å². The quantitative estimate of drug-likeness (QED) is 0.147. The second-order valence-electron chi connectivity index (χ2n) is 9.45. The largest absolute Gasteiger partial charge is 0.480 e. The molecule has 0 radical (unpaired) electrons. The van der Waals surface area contributed by atoms with Gasteiger partial charge in [0.25, 0.3) is 0 Å². The Morgan fingerprint density at radius 2 is 1.82 bits per heavy atom. The molecule has 2 aromatic rings. The minimum absolute atomic E-state index is 0.0242. The summed E-state index contributed by atoms with van der Waals surface area (Å²) >= 11 is 16.8. The molecule has 2 aromatic carbocycles. The number of carbonyl (C=O) groups is 4. The van der Waals surface area contributed by atoms with E-state index in [0.29, 0.717) is 25.6 Å². The number of aliphatic carboxylic acids is 1. The molecule has 2 aliphatic heterocycles. The maximum atomic E-state index is 13.3. The number of carboxylic acid groups (broad SMARTS) is 1. The summed E-state index contributed by atoms with van der Waals surface area (Å²) in [5, 5.41) is 15.1. The third-order valence-electron chi connectivity index (χ3n) is 6.35. The van der Waals surface area contributed by atoms with E-state index in [1.807, 2.05) is 0 Å². The molecule has 4 atom stereocenters. The number of nitrogens with zero attached hydrogens (tertiary/aromatic N) is 2. The van der Waals surface area contributed by atoms with Crippen molar-refractivity contribution in [2.45, 2.75) is 42.1 Å². The number of amides is 3. The minimum Gasteiger partial charge on any atom is -0.480 e. The number of rotatable bonds is 8. The summed E-state index contributed by atoms with van der Waals surface area (Å²) in [7, 11) is 0. The number of carbonyl (C=O) groups excluding carboxylic acids is 3. The molecule has 1 unspecified atom stereocenters. The third kappa shape index (κ3) is 5.88. The Morgan fingerprint density at radius 1 is 1.21 bits per heavy atom. The standard InChI is InChI=1S/C25H24BrCl2N5O5S/c1-25(2)19(24(37)38)33-22(36)18(23(33)39-25)32-21(35)17(11-6-4-3-5-7-11)31-15(34)10-30-20(29)12-8-13(27)16(26)14(28)9-12/h3-9,17-19,23H,10H2,1-2H3,(H2,29,30)(H,31,34)(H,32,35)(H,37,38)/t17?,18-,19+,23-/m1/s1. The minimum atomic E-state index is -1.14. The van der Waals surface area contributed by atoms with Crippen LogP contribution in [0.2, 0.25) is 10.0 Å². The number of amidine groups is 1. The van der Waals surface area contributed by atoms with E-state index in [-0.39, 0.29) is 5.84 Å². The molecule has 0 saturated carbocycles. The van der Waals surface area contributed by atoms with Crippen LogP contribution in [-0.4, -0.2) is 68.3 Å². The molecule has 10 nitrogen and oxygen atoms in total. The van der Waals surface area contributed by atoms with Gasteiger partial charge in [0.2, 0.25) is 17.7 Å². The first-order valence-corrected chi connectivity index (χ1v) is 14.1. The first-order chi connectivity index (χ1) is 18.3. The van der Waals surface area contributed by atoms with Gasteiger partial charge in [0, 0.05) is 10.3 Å². The number of fused-ring (bicyclic) bond motifs is 1. The van der Waals surface area contributed by atoms with Crippen molar-refractivity contribution in [1.82, 2.24) is 15.5 Å². The van der Waals surface area contributed by atoms with E-state index in [9.17, 15) is 24.3 Å². The lowest BCUT2D eigenvalue weighted by atomic mass is 9.95. The summed E-state index contributed by atoms with van der Waals surface area (Å²) in [5.41, 5.74) is 6.92. The maximum Gasteiger partial charge on any atom is 0.327 e. The molecule has 14 heteroatoms. The molecule has 206 valence electrons. The molecule has 2 fully saturated rings. The van der Waals surface area contributed by atoms with Crippen molar-refractivity contribution in [3.63, 3.8) is 0 Å². The van der Waals surface area contributed by atoms with Crippen molar-refractivity contribution in [2.24, 2.45) is 10.7 Å². The Kier molecular flexibility index (Phi) is 8.50. The number of benzene rings is 2. The normalized spacial score (nSPS) is 22.5. The van der Waals surface area contributed by atoms with E-state index in [1.54, 1.807) is 56.3 Å². The Balaban J connectivity index is 1.47. The van der Waals surface area contributed by atoms with Gasteiger partial charge in [-0.1, -0.05) is 53.5 Å². The summed E-state index contributed by atoms with van der Waals surface area (Å²) in [5.74, 6) is -2.78. The van der Waals surface area contributed by atoms with Crippen LogP contribution in [-0.2, 0) is 19.2 Å². The highest BCUT2D eigenvalue weighted by Gasteiger charge is 2.64. The van der Waals surface area contributed by atoms with Crippen LogP contribution in [0.5, 0.6) is 0 Å². The summed E-state index contributed by atoms with van der Waals surface area (Å²) < 4.78 is -0.233. The highest BCUT2D eigenvalue weighted by molar-refractivity contribution is 9.10. The highest BCUT2D eigenvalue weighted by atomic mass is 79.9. The van der Waals surface area contributed by atoms with Crippen molar-refractivity contribution >= 4 is 80.4 Å². The number of thioether (sulfide) groups is 1. The monoisotopic (exact) mass is 655 g/mol. The molecular formula is C25H24BrCl2N5O5S. The van der Waals surface area contributed by atoms with Gasteiger partial charge in [-0.2, -0.15) is 0 Å². The fraction of sp³-hybridized carbons (Fsp3) is 0.320. The number of β-lactam (4-membered cyclic amide) rings is 1. The second-order valence-corrected chi connectivity index (χ2v) is 12.8. The van der Waals surface area contributed by atoms with Crippen LogP contribution in [0, 0.1) is 0 Å². The first-order valence-electron chi connectivity index (χ1n) is 11.6. The van der Waals surface area contributed by atoms with E-state index >= 15 is 0 Å². The Hall–Kier alpha value is -2.80. The summed E-state index contributed by atoms with van der Waals surface area (Å²) in [6.45, 7) is 3.10. The number of carboxylic acids is 1. The Labute approximate surface area is 246 Å². The number of halogens is 3. The molecule has 2 heterocycles. The summed E-state index contributed by atoms with van der Waals surface area (Å²) in [6.07, 6.45) is 0. The molecule has 39 heavy (non-hydrogen) atoms. The molecule has 5 N–H and O–H groups in total. The van der Waals surface area contributed by atoms with Gasteiger partial charge < -0.3 is 26.4 Å². The Bertz CT molecular complexity index is 1350. The zero-order valence-electron chi connectivity index (χ0n) is 20.7. The van der Waals surface area contributed by atoms with Crippen molar-refractivity contribution in [3.8, 4) is 0 Å². The molecular weight excluding hydrogens is 633 g/mol. The van der Waals surface area contributed by atoms with Crippen LogP contribution >= 0.6 is 50.9 Å². The number of aliphatic imine (C=N–C) groups is 1. The average Bonchev–Trinajstić information content (AvgIpc) is 3.15. The molecule has 0 bridgehead atoms. The van der Waals surface area contributed by atoms with Crippen LogP contribution in [0.1, 0.15) is 31.0 Å². The fourth-order valence-corrected chi connectivity index (χ4v) is 6.83. The van der Waals surface area contributed by atoms with Gasteiger partial charge in [-0.3, -0.25) is 19.4 Å². The van der Waals surface area contributed by atoms with Gasteiger partial charge in [-0.25, -0.2) is 4.79 Å². The highest BCUT2D eigenvalue weighted by Crippen LogP contribution is 2.50. The Morgan fingerprint density at radius 3 is 2.41 bits per heavy atom. The van der Waals surface area contributed by atoms with Gasteiger partial charge in [0.05, 0.1) is 14.5 Å². The smallest absolute Gasteiger partial charge is 0.327 e. The van der Waals surface area contributed by atoms with Gasteiger partial charge in [0.15, 0.2) is 0 Å². The predicted octanol–water partition coefficient (Wildman–Crippen LogP) is 2.95. The first kappa shape index (κ1) is 29.2. The van der Waals surface area contributed by atoms with Gasteiger partial charge in [0.1, 0.15) is 35.9 Å². The zero-order valence-corrected chi connectivity index (χ0v) is 24.6. The molecule has 0 spiro atoms. The SMILES string of the molecule is CC1(C)S[C@@H]2[C@H](NC(=O)C(NC(=O)CN=C(N)c3cc(Cl)c(Br)c(Cl)c3)c3ccccc3)C(=O)N2[C@H]1C(=O)O. The lowest BCUT2D eigenvalue weighted by molar-refractivity contribution is -0.161. The topological polar surface area (TPSA) is 154 Å². The molecule has 0 aromatic heterocycles. The van der Waals surface area contributed by atoms with Crippen molar-refractivity contribution in [2.75, 3.05) is 6.54 Å². The number of hydrogen-bond acceptors (Lipinski definition) is 6. The molecule has 3 amide bonds. The van der Waals surface area contributed by atoms with Crippen LogP contribution in [0.4, 0.5) is 0 Å². The van der Waals surface area contributed by atoms with Crippen molar-refractivity contribution in [1.29, 1.82) is 0 Å². The van der Waals surface area contributed by atoms with Crippen molar-refractivity contribution in [3.05, 3.63) is 68.1 Å². The maximum absolute atomic E-state index is 13.3. The van der Waals surface area contributed by atoms with Gasteiger partial charge >= 0.3 is 5.97 Å². The third-order valence-corrected chi connectivity index (χ3v) is 9.82.